The highest BCUT2D eigenvalue weighted by Gasteiger charge is 2.14. The first-order valence-electron chi connectivity index (χ1n) is 4.76. The Bertz CT molecular complexity index is 356. The van der Waals surface area contributed by atoms with Gasteiger partial charge < -0.3 is 0 Å². The summed E-state index contributed by atoms with van der Waals surface area (Å²) in [7, 11) is -6.93. The van der Waals surface area contributed by atoms with Crippen LogP contribution in [0.5, 0.6) is 0 Å². The Morgan fingerprint density at radius 3 is 1.25 bits per heavy atom. The predicted octanol–water partition coefficient (Wildman–Crippen LogP) is 0.496. The summed E-state index contributed by atoms with van der Waals surface area (Å²) < 4.78 is 52.4. The van der Waals surface area contributed by atoms with Crippen LogP contribution in [0.25, 0.3) is 0 Å². The molecule has 0 saturated carbocycles. The SMILES string of the molecule is C[C@H](CC[C@@H](C)OS(C)(=O)=O)OS(C)(=O)=O. The molecule has 0 spiro atoms. The van der Waals surface area contributed by atoms with E-state index in [1.807, 2.05) is 0 Å². The van der Waals surface area contributed by atoms with Crippen molar-refractivity contribution < 1.29 is 25.2 Å². The quantitative estimate of drug-likeness (QED) is 0.628. The highest BCUT2D eigenvalue weighted by Crippen LogP contribution is 2.10. The number of hydrogen-bond acceptors (Lipinski definition) is 6. The van der Waals surface area contributed by atoms with Crippen LogP contribution < -0.4 is 0 Å². The minimum absolute atomic E-state index is 0.407. The zero-order valence-corrected chi connectivity index (χ0v) is 11.5. The van der Waals surface area contributed by atoms with Gasteiger partial charge in [-0.3, -0.25) is 8.37 Å². The molecule has 0 unspecified atom stereocenters. The van der Waals surface area contributed by atoms with Crippen LogP contribution in [0.15, 0.2) is 0 Å². The molecule has 0 aliphatic carbocycles. The molecule has 8 heteroatoms. The Hall–Kier alpha value is -0.180. The van der Waals surface area contributed by atoms with Gasteiger partial charge in [-0.2, -0.15) is 16.8 Å². The van der Waals surface area contributed by atoms with Gasteiger partial charge in [-0.05, 0) is 26.7 Å². The third-order valence-electron chi connectivity index (χ3n) is 1.66. The van der Waals surface area contributed by atoms with Gasteiger partial charge in [0.25, 0.3) is 20.2 Å². The summed E-state index contributed by atoms with van der Waals surface area (Å²) in [6.07, 6.45) is 1.79. The fourth-order valence-corrected chi connectivity index (χ4v) is 2.55. The summed E-state index contributed by atoms with van der Waals surface area (Å²) in [5.41, 5.74) is 0. The molecule has 0 aliphatic rings. The smallest absolute Gasteiger partial charge is 0.264 e. The molecular formula is C8H18O6S2. The lowest BCUT2D eigenvalue weighted by Crippen LogP contribution is -2.19. The van der Waals surface area contributed by atoms with Crippen molar-refractivity contribution in [1.29, 1.82) is 0 Å². The monoisotopic (exact) mass is 274 g/mol. The first kappa shape index (κ1) is 15.8. The van der Waals surface area contributed by atoms with Gasteiger partial charge in [0.15, 0.2) is 0 Å². The van der Waals surface area contributed by atoms with Gasteiger partial charge in [0.05, 0.1) is 24.7 Å². The van der Waals surface area contributed by atoms with Gasteiger partial charge in [0.2, 0.25) is 0 Å². The first-order valence-corrected chi connectivity index (χ1v) is 8.39. The lowest BCUT2D eigenvalue weighted by atomic mass is 10.1. The molecular weight excluding hydrogens is 256 g/mol. The Morgan fingerprint density at radius 1 is 0.812 bits per heavy atom. The van der Waals surface area contributed by atoms with E-state index in [1.165, 1.54) is 0 Å². The summed E-state index contributed by atoms with van der Waals surface area (Å²) >= 11 is 0. The topological polar surface area (TPSA) is 86.7 Å². The molecule has 0 aromatic carbocycles. The second-order valence-corrected chi connectivity index (χ2v) is 7.00. The molecule has 0 heterocycles. The molecule has 0 aliphatic heterocycles. The van der Waals surface area contributed by atoms with Gasteiger partial charge in [-0.25, -0.2) is 0 Å². The van der Waals surface area contributed by atoms with Crippen LogP contribution in [0.1, 0.15) is 26.7 Å². The highest BCUT2D eigenvalue weighted by atomic mass is 32.2. The van der Waals surface area contributed by atoms with Gasteiger partial charge >= 0.3 is 0 Å². The van der Waals surface area contributed by atoms with Crippen molar-refractivity contribution >= 4 is 20.2 Å². The van der Waals surface area contributed by atoms with Gasteiger partial charge in [-0.15, -0.1) is 0 Å². The lowest BCUT2D eigenvalue weighted by molar-refractivity contribution is 0.170. The van der Waals surface area contributed by atoms with E-state index in [0.29, 0.717) is 12.8 Å². The van der Waals surface area contributed by atoms with Gasteiger partial charge in [0, 0.05) is 0 Å². The molecule has 0 aromatic rings. The molecule has 98 valence electrons. The third-order valence-corrected chi connectivity index (χ3v) is 3.01. The van der Waals surface area contributed by atoms with E-state index in [1.54, 1.807) is 13.8 Å². The van der Waals surface area contributed by atoms with E-state index in [4.69, 9.17) is 0 Å². The molecule has 0 bridgehead atoms. The molecule has 2 atom stereocenters. The van der Waals surface area contributed by atoms with Crippen LogP contribution in [-0.2, 0) is 28.6 Å². The van der Waals surface area contributed by atoms with Gasteiger partial charge in [0.1, 0.15) is 0 Å². The van der Waals surface area contributed by atoms with Crippen LogP contribution >= 0.6 is 0 Å². The van der Waals surface area contributed by atoms with Crippen LogP contribution in [0.3, 0.4) is 0 Å². The van der Waals surface area contributed by atoms with E-state index in [-0.39, 0.29) is 0 Å². The molecule has 0 rings (SSSR count). The maximum Gasteiger partial charge on any atom is 0.264 e. The molecule has 0 N–H and O–H groups in total. The summed E-state index contributed by atoms with van der Waals surface area (Å²) in [4.78, 5) is 0. The Morgan fingerprint density at radius 2 is 1.06 bits per heavy atom. The number of rotatable bonds is 7. The minimum Gasteiger partial charge on any atom is -0.267 e. The standard InChI is InChI=1S/C8H18O6S2/c1-7(13-15(3,9)10)5-6-8(2)14-16(4,11)12/h7-8H,5-6H2,1-4H3/t7-,8-/m1/s1. The normalized spacial score (nSPS) is 17.0. The largest absolute Gasteiger partial charge is 0.267 e. The van der Waals surface area contributed by atoms with Crippen molar-refractivity contribution in [2.75, 3.05) is 12.5 Å². The van der Waals surface area contributed by atoms with E-state index >= 15 is 0 Å². The second kappa shape index (κ2) is 5.95. The van der Waals surface area contributed by atoms with Crippen LogP contribution in [-0.4, -0.2) is 41.6 Å². The fourth-order valence-electron chi connectivity index (χ4n) is 1.16. The van der Waals surface area contributed by atoms with Crippen molar-refractivity contribution in [2.45, 2.75) is 38.9 Å². The van der Waals surface area contributed by atoms with Crippen LogP contribution in [0.2, 0.25) is 0 Å². The first-order chi connectivity index (χ1) is 6.99. The Labute approximate surface area is 97.2 Å². The zero-order chi connectivity index (χ0) is 13.0. The van der Waals surface area contributed by atoms with E-state index in [9.17, 15) is 16.8 Å². The lowest BCUT2D eigenvalue weighted by Gasteiger charge is -2.14. The number of hydrogen-bond donors (Lipinski definition) is 0. The van der Waals surface area contributed by atoms with Crippen molar-refractivity contribution in [3.05, 3.63) is 0 Å². The van der Waals surface area contributed by atoms with Crippen molar-refractivity contribution in [3.8, 4) is 0 Å². The third kappa shape index (κ3) is 10.3. The molecule has 0 radical (unpaired) electrons. The van der Waals surface area contributed by atoms with Crippen molar-refractivity contribution in [1.82, 2.24) is 0 Å². The van der Waals surface area contributed by atoms with Crippen molar-refractivity contribution in [3.63, 3.8) is 0 Å². The average Bonchev–Trinajstić information content (AvgIpc) is 1.94. The van der Waals surface area contributed by atoms with E-state index in [0.717, 1.165) is 12.5 Å². The Kier molecular flexibility index (Phi) is 5.88. The van der Waals surface area contributed by atoms with Crippen LogP contribution in [0.4, 0.5) is 0 Å². The average molecular weight is 274 g/mol. The fraction of sp³-hybridized carbons (Fsp3) is 1.00. The van der Waals surface area contributed by atoms with Gasteiger partial charge in [-0.1, -0.05) is 0 Å². The maximum absolute atomic E-state index is 10.8. The molecule has 0 fully saturated rings. The van der Waals surface area contributed by atoms with Crippen molar-refractivity contribution in [2.24, 2.45) is 0 Å². The van der Waals surface area contributed by atoms with E-state index in [2.05, 4.69) is 8.37 Å². The van der Waals surface area contributed by atoms with Crippen LogP contribution in [0, 0.1) is 0 Å². The highest BCUT2D eigenvalue weighted by molar-refractivity contribution is 7.86. The molecule has 0 aromatic heterocycles. The second-order valence-electron chi connectivity index (χ2n) is 3.80. The summed E-state index contributed by atoms with van der Waals surface area (Å²) in [5, 5.41) is 0. The predicted molar refractivity (Wildman–Crippen MR) is 60.0 cm³/mol. The summed E-state index contributed by atoms with van der Waals surface area (Å²) in [5.74, 6) is 0. The Balaban J connectivity index is 3.98. The molecule has 0 amide bonds. The molecule has 0 saturated heterocycles. The maximum atomic E-state index is 10.8. The zero-order valence-electron chi connectivity index (χ0n) is 9.83. The molecule has 6 nitrogen and oxygen atoms in total. The summed E-state index contributed by atoms with van der Waals surface area (Å²) in [6.45, 7) is 3.21. The summed E-state index contributed by atoms with van der Waals surface area (Å²) in [6, 6.07) is 0. The molecule has 16 heavy (non-hydrogen) atoms. The van der Waals surface area contributed by atoms with E-state index < -0.39 is 32.4 Å². The minimum atomic E-state index is -3.47.